The SMILES string of the molecule is CC1c2cc(S(=O)(=O)O)c(N)cc2OC(=O)C1CC(=O)ON1C(=O)CCC1=O. The van der Waals surface area contributed by atoms with Gasteiger partial charge in [-0.05, 0) is 12.0 Å². The van der Waals surface area contributed by atoms with Crippen molar-refractivity contribution in [1.82, 2.24) is 5.06 Å². The van der Waals surface area contributed by atoms with Crippen molar-refractivity contribution in [3.63, 3.8) is 0 Å². The van der Waals surface area contributed by atoms with Gasteiger partial charge < -0.3 is 15.3 Å². The number of nitrogens with two attached hydrogens (primary N) is 1. The molecule has 3 rings (SSSR count). The Balaban J connectivity index is 1.83. The Morgan fingerprint density at radius 2 is 1.89 bits per heavy atom. The first-order valence-corrected chi connectivity index (χ1v) is 9.62. The van der Waals surface area contributed by atoms with Crippen molar-refractivity contribution >= 4 is 39.6 Å². The molecule has 1 saturated heterocycles. The van der Waals surface area contributed by atoms with E-state index in [9.17, 15) is 32.1 Å². The van der Waals surface area contributed by atoms with Gasteiger partial charge in [0.25, 0.3) is 21.9 Å². The van der Waals surface area contributed by atoms with Crippen LogP contribution in [-0.2, 0) is 34.1 Å². The molecule has 0 saturated carbocycles. The number of nitrogen functional groups attached to an aromatic ring is 1. The van der Waals surface area contributed by atoms with Crippen molar-refractivity contribution < 1.29 is 41.7 Å². The Kier molecular flexibility index (Phi) is 4.85. The zero-order valence-corrected chi connectivity index (χ0v) is 15.4. The van der Waals surface area contributed by atoms with Gasteiger partial charge in [0.2, 0.25) is 0 Å². The van der Waals surface area contributed by atoms with Gasteiger partial charge in [-0.1, -0.05) is 6.92 Å². The van der Waals surface area contributed by atoms with Gasteiger partial charge in [-0.3, -0.25) is 18.9 Å². The smallest absolute Gasteiger partial charge is 0.334 e. The molecule has 12 heteroatoms. The molecule has 1 fully saturated rings. The van der Waals surface area contributed by atoms with Crippen LogP contribution >= 0.6 is 0 Å². The Morgan fingerprint density at radius 3 is 2.46 bits per heavy atom. The monoisotopic (exact) mass is 412 g/mol. The third-order valence-electron chi connectivity index (χ3n) is 4.61. The lowest BCUT2D eigenvalue weighted by Crippen LogP contribution is -2.36. The summed E-state index contributed by atoms with van der Waals surface area (Å²) >= 11 is 0. The predicted molar refractivity (Wildman–Crippen MR) is 90.0 cm³/mol. The highest BCUT2D eigenvalue weighted by Gasteiger charge is 2.40. The fourth-order valence-electron chi connectivity index (χ4n) is 3.10. The number of imide groups is 1. The van der Waals surface area contributed by atoms with E-state index in [2.05, 4.69) is 0 Å². The average Bonchev–Trinajstić information content (AvgIpc) is 2.89. The molecule has 0 aromatic heterocycles. The quantitative estimate of drug-likeness (QED) is 0.228. The van der Waals surface area contributed by atoms with Crippen molar-refractivity contribution in [2.24, 2.45) is 5.92 Å². The third kappa shape index (κ3) is 3.55. The first-order chi connectivity index (χ1) is 13.0. The van der Waals surface area contributed by atoms with Gasteiger partial charge in [-0.25, -0.2) is 4.79 Å². The fraction of sp³-hybridized carbons (Fsp3) is 0.375. The minimum atomic E-state index is -4.61. The van der Waals surface area contributed by atoms with Crippen LogP contribution in [0.2, 0.25) is 0 Å². The maximum Gasteiger partial charge on any atom is 0.334 e. The normalized spacial score (nSPS) is 22.1. The molecule has 3 N–H and O–H groups in total. The number of carbonyl (C=O) groups is 4. The van der Waals surface area contributed by atoms with Crippen molar-refractivity contribution in [2.45, 2.75) is 37.0 Å². The summed E-state index contributed by atoms with van der Waals surface area (Å²) in [5, 5.41) is 0.367. The Labute approximate surface area is 159 Å². The number of amides is 2. The number of rotatable bonds is 4. The summed E-state index contributed by atoms with van der Waals surface area (Å²) in [6, 6.07) is 2.17. The van der Waals surface area contributed by atoms with Crippen LogP contribution in [0.25, 0.3) is 0 Å². The van der Waals surface area contributed by atoms with E-state index in [1.807, 2.05) is 0 Å². The van der Waals surface area contributed by atoms with Crippen LogP contribution in [0.4, 0.5) is 5.69 Å². The summed E-state index contributed by atoms with van der Waals surface area (Å²) in [5.74, 6) is -4.84. The number of benzene rings is 1. The molecule has 2 aliphatic rings. The summed E-state index contributed by atoms with van der Waals surface area (Å²) in [5.41, 5.74) is 5.52. The van der Waals surface area contributed by atoms with Crippen LogP contribution in [0.15, 0.2) is 17.0 Å². The largest absolute Gasteiger partial charge is 0.426 e. The molecule has 1 aromatic carbocycles. The van der Waals surface area contributed by atoms with Gasteiger partial charge in [0.1, 0.15) is 10.6 Å². The Bertz CT molecular complexity index is 986. The molecule has 150 valence electrons. The molecule has 0 bridgehead atoms. The first kappa shape index (κ1) is 19.8. The minimum Gasteiger partial charge on any atom is -0.426 e. The number of anilines is 1. The van der Waals surface area contributed by atoms with Crippen molar-refractivity contribution in [2.75, 3.05) is 5.73 Å². The predicted octanol–water partition coefficient (Wildman–Crippen LogP) is 0.151. The second kappa shape index (κ2) is 6.87. The number of hydrogen-bond acceptors (Lipinski definition) is 9. The highest BCUT2D eigenvalue weighted by Crippen LogP contribution is 2.42. The van der Waals surface area contributed by atoms with E-state index in [-0.39, 0.29) is 29.8 Å². The molecular formula is C16H16N2O9S. The van der Waals surface area contributed by atoms with Gasteiger partial charge in [0, 0.05) is 24.5 Å². The molecule has 2 heterocycles. The minimum absolute atomic E-state index is 0.0110. The van der Waals surface area contributed by atoms with E-state index in [0.717, 1.165) is 12.1 Å². The Hall–Kier alpha value is -2.99. The van der Waals surface area contributed by atoms with Crippen LogP contribution in [0.3, 0.4) is 0 Å². The maximum absolute atomic E-state index is 12.3. The zero-order chi connectivity index (χ0) is 20.8. The molecule has 11 nitrogen and oxygen atoms in total. The molecule has 2 amide bonds. The van der Waals surface area contributed by atoms with E-state index in [1.54, 1.807) is 6.92 Å². The third-order valence-corrected chi connectivity index (χ3v) is 5.52. The van der Waals surface area contributed by atoms with Crippen LogP contribution in [-0.4, -0.2) is 41.8 Å². The molecule has 0 spiro atoms. The number of nitrogens with zero attached hydrogens (tertiary/aromatic N) is 1. The van der Waals surface area contributed by atoms with E-state index < -0.39 is 57.0 Å². The molecule has 2 aliphatic heterocycles. The summed E-state index contributed by atoms with van der Waals surface area (Å²) in [4.78, 5) is 51.6. The second-order valence-corrected chi connectivity index (χ2v) is 7.86. The van der Waals surface area contributed by atoms with Gasteiger partial charge in [-0.2, -0.15) is 8.42 Å². The van der Waals surface area contributed by atoms with Crippen molar-refractivity contribution in [3.8, 4) is 5.75 Å². The Morgan fingerprint density at radius 1 is 1.29 bits per heavy atom. The summed E-state index contributed by atoms with van der Waals surface area (Å²) < 4.78 is 37.3. The van der Waals surface area contributed by atoms with Crippen molar-refractivity contribution in [1.29, 1.82) is 0 Å². The van der Waals surface area contributed by atoms with Crippen LogP contribution in [0.1, 0.15) is 37.7 Å². The number of carbonyl (C=O) groups excluding carboxylic acids is 4. The van der Waals surface area contributed by atoms with Gasteiger partial charge in [-0.15, -0.1) is 5.06 Å². The average molecular weight is 412 g/mol. The van der Waals surface area contributed by atoms with Crippen LogP contribution in [0.5, 0.6) is 5.75 Å². The van der Waals surface area contributed by atoms with Gasteiger partial charge in [0.15, 0.2) is 0 Å². The highest BCUT2D eigenvalue weighted by atomic mass is 32.2. The summed E-state index contributed by atoms with van der Waals surface area (Å²) in [7, 11) is -4.61. The van der Waals surface area contributed by atoms with E-state index >= 15 is 0 Å². The maximum atomic E-state index is 12.3. The zero-order valence-electron chi connectivity index (χ0n) is 14.6. The number of esters is 1. The topological polar surface area (TPSA) is 170 Å². The standard InChI is InChI=1S/C16H16N2O9S/c1-7-8-4-12(28(23,24)25)10(17)6-11(8)26-16(22)9(7)5-15(21)27-18-13(19)2-3-14(18)20/h4,6-7,9H,2-3,5,17H2,1H3,(H,23,24,25). The second-order valence-electron chi connectivity index (χ2n) is 6.47. The van der Waals surface area contributed by atoms with Crippen LogP contribution in [0, 0.1) is 5.92 Å². The molecule has 0 aliphatic carbocycles. The molecule has 2 unspecified atom stereocenters. The summed E-state index contributed by atoms with van der Waals surface area (Å²) in [6.07, 6.45) is -0.648. The molecular weight excluding hydrogens is 396 g/mol. The first-order valence-electron chi connectivity index (χ1n) is 8.18. The lowest BCUT2D eigenvalue weighted by molar-refractivity contribution is -0.198. The highest BCUT2D eigenvalue weighted by molar-refractivity contribution is 7.86. The summed E-state index contributed by atoms with van der Waals surface area (Å²) in [6.45, 7) is 1.55. The fourth-order valence-corrected chi connectivity index (χ4v) is 3.73. The molecule has 1 aromatic rings. The number of hydrogen-bond donors (Lipinski definition) is 2. The lowest BCUT2D eigenvalue weighted by atomic mass is 9.83. The van der Waals surface area contributed by atoms with E-state index in [1.165, 1.54) is 0 Å². The molecule has 0 radical (unpaired) electrons. The number of fused-ring (bicyclic) bond motifs is 1. The van der Waals surface area contributed by atoms with Crippen molar-refractivity contribution in [3.05, 3.63) is 17.7 Å². The molecule has 2 atom stereocenters. The lowest BCUT2D eigenvalue weighted by Gasteiger charge is -2.29. The molecule has 28 heavy (non-hydrogen) atoms. The number of hydroxylamine groups is 2. The van der Waals surface area contributed by atoms with Gasteiger partial charge >= 0.3 is 11.9 Å². The van der Waals surface area contributed by atoms with E-state index in [4.69, 9.17) is 15.3 Å². The number of ether oxygens (including phenoxy) is 1. The van der Waals surface area contributed by atoms with E-state index in [0.29, 0.717) is 5.06 Å². The van der Waals surface area contributed by atoms with Crippen LogP contribution < -0.4 is 10.5 Å². The van der Waals surface area contributed by atoms with Gasteiger partial charge in [0.05, 0.1) is 18.0 Å².